The molecule has 104 valence electrons. The van der Waals surface area contributed by atoms with E-state index < -0.39 is 5.91 Å². The molecule has 0 fully saturated rings. The zero-order valence-electron chi connectivity index (χ0n) is 10.5. The highest BCUT2D eigenvalue weighted by molar-refractivity contribution is 9.10. The van der Waals surface area contributed by atoms with E-state index in [0.29, 0.717) is 13.2 Å². The van der Waals surface area contributed by atoms with E-state index in [2.05, 4.69) is 27.3 Å². The number of primary amides is 1. The molecule has 0 aliphatic carbocycles. The van der Waals surface area contributed by atoms with Crippen LogP contribution in [0.15, 0.2) is 22.7 Å². The van der Waals surface area contributed by atoms with Crippen molar-refractivity contribution in [1.29, 1.82) is 0 Å². The Kier molecular flexibility index (Phi) is 5.18. The van der Waals surface area contributed by atoms with Gasteiger partial charge in [0.2, 0.25) is 5.91 Å². The van der Waals surface area contributed by atoms with Gasteiger partial charge < -0.3 is 20.5 Å². The van der Waals surface area contributed by atoms with Crippen LogP contribution in [0.5, 0.6) is 5.75 Å². The molecule has 1 aliphatic rings. The molecule has 0 saturated heterocycles. The molecule has 5 nitrogen and oxygen atoms in total. The van der Waals surface area contributed by atoms with Crippen LogP contribution in [-0.4, -0.2) is 38.3 Å². The number of halogens is 1. The van der Waals surface area contributed by atoms with Crippen LogP contribution in [0.25, 0.3) is 0 Å². The van der Waals surface area contributed by atoms with Crippen LogP contribution in [0.1, 0.15) is 5.56 Å². The first-order valence-corrected chi connectivity index (χ1v) is 6.96. The average Bonchev–Trinajstić information content (AvgIpc) is 2.75. The third-order valence-corrected chi connectivity index (χ3v) is 3.30. The highest BCUT2D eigenvalue weighted by Gasteiger charge is 2.22. The third kappa shape index (κ3) is 4.49. The first-order valence-electron chi connectivity index (χ1n) is 6.17. The summed E-state index contributed by atoms with van der Waals surface area (Å²) in [6.45, 7) is 1.87. The summed E-state index contributed by atoms with van der Waals surface area (Å²) in [6, 6.07) is 6.05. The summed E-state index contributed by atoms with van der Waals surface area (Å²) >= 11 is 3.45. The number of hydrogen-bond acceptors (Lipinski definition) is 4. The maximum Gasteiger partial charge on any atom is 0.243 e. The molecule has 6 heteroatoms. The van der Waals surface area contributed by atoms with Gasteiger partial charge in [0, 0.05) is 24.0 Å². The Labute approximate surface area is 120 Å². The van der Waals surface area contributed by atoms with Crippen molar-refractivity contribution >= 4 is 21.8 Å². The number of hydrogen-bond donors (Lipinski definition) is 2. The number of rotatable bonds is 7. The van der Waals surface area contributed by atoms with E-state index in [1.54, 1.807) is 0 Å². The van der Waals surface area contributed by atoms with Crippen molar-refractivity contribution in [2.24, 2.45) is 5.73 Å². The molecule has 1 unspecified atom stereocenters. The topological polar surface area (TPSA) is 73.6 Å². The van der Waals surface area contributed by atoms with Crippen molar-refractivity contribution in [2.45, 2.75) is 12.5 Å². The summed E-state index contributed by atoms with van der Waals surface area (Å²) in [6.07, 6.45) is 1.06. The zero-order valence-corrected chi connectivity index (χ0v) is 12.1. The predicted molar refractivity (Wildman–Crippen MR) is 75.1 cm³/mol. The van der Waals surface area contributed by atoms with Crippen LogP contribution in [0.4, 0.5) is 0 Å². The lowest BCUT2D eigenvalue weighted by Crippen LogP contribution is -2.32. The Morgan fingerprint density at radius 3 is 3.21 bits per heavy atom. The fourth-order valence-electron chi connectivity index (χ4n) is 1.98. The molecule has 0 aromatic heterocycles. The molecule has 1 amide bonds. The molecule has 1 aliphatic heterocycles. The van der Waals surface area contributed by atoms with Crippen LogP contribution >= 0.6 is 15.9 Å². The van der Waals surface area contributed by atoms with E-state index >= 15 is 0 Å². The maximum atomic E-state index is 10.4. The lowest BCUT2D eigenvalue weighted by molar-refractivity contribution is -0.122. The van der Waals surface area contributed by atoms with Gasteiger partial charge in [-0.25, -0.2) is 0 Å². The highest BCUT2D eigenvalue weighted by atomic mass is 79.9. The largest absolute Gasteiger partial charge is 0.488 e. The number of benzene rings is 1. The van der Waals surface area contributed by atoms with Crippen LogP contribution in [0.3, 0.4) is 0 Å². The molecular weight excluding hydrogens is 312 g/mol. The number of carbonyl (C=O) groups excluding carboxylic acids is 1. The van der Waals surface area contributed by atoms with Gasteiger partial charge >= 0.3 is 0 Å². The summed E-state index contributed by atoms with van der Waals surface area (Å²) in [5.41, 5.74) is 6.19. The molecule has 2 rings (SSSR count). The Balaban J connectivity index is 1.63. The van der Waals surface area contributed by atoms with Crippen LogP contribution < -0.4 is 15.8 Å². The van der Waals surface area contributed by atoms with Crippen molar-refractivity contribution in [2.75, 3.05) is 26.3 Å². The summed E-state index contributed by atoms with van der Waals surface area (Å²) in [5, 5.41) is 3.24. The molecule has 0 bridgehead atoms. The minimum atomic E-state index is -0.444. The smallest absolute Gasteiger partial charge is 0.243 e. The number of amides is 1. The fraction of sp³-hybridized carbons (Fsp3) is 0.462. The van der Waals surface area contributed by atoms with E-state index in [0.717, 1.165) is 23.2 Å². The van der Waals surface area contributed by atoms with Gasteiger partial charge in [-0.3, -0.25) is 4.79 Å². The summed E-state index contributed by atoms with van der Waals surface area (Å²) in [4.78, 5) is 10.4. The quantitative estimate of drug-likeness (QED) is 0.727. The molecule has 0 radical (unpaired) electrons. The lowest BCUT2D eigenvalue weighted by Gasteiger charge is -2.11. The standard InChI is InChI=1S/C13H17BrN2O3/c14-10-1-2-12-9(5-10)6-11(19-12)7-16-3-4-18-8-13(15)17/h1-2,5,11,16H,3-4,6-8H2,(H2,15,17). The van der Waals surface area contributed by atoms with Gasteiger partial charge in [0.25, 0.3) is 0 Å². The molecular formula is C13H17BrN2O3. The van der Waals surface area contributed by atoms with Crippen molar-refractivity contribution in [1.82, 2.24) is 5.32 Å². The molecule has 3 N–H and O–H groups in total. The van der Waals surface area contributed by atoms with Crippen molar-refractivity contribution < 1.29 is 14.3 Å². The van der Waals surface area contributed by atoms with E-state index in [1.165, 1.54) is 5.56 Å². The second kappa shape index (κ2) is 6.88. The highest BCUT2D eigenvalue weighted by Crippen LogP contribution is 2.30. The maximum absolute atomic E-state index is 10.4. The summed E-state index contributed by atoms with van der Waals surface area (Å²) in [5.74, 6) is 0.514. The van der Waals surface area contributed by atoms with Gasteiger partial charge in [-0.1, -0.05) is 15.9 Å². The van der Waals surface area contributed by atoms with Crippen LogP contribution in [0.2, 0.25) is 0 Å². The van der Waals surface area contributed by atoms with Crippen molar-refractivity contribution in [3.63, 3.8) is 0 Å². The number of nitrogens with one attached hydrogen (secondary N) is 1. The second-order valence-electron chi connectivity index (χ2n) is 4.42. The van der Waals surface area contributed by atoms with Crippen LogP contribution in [0, 0.1) is 0 Å². The molecule has 0 spiro atoms. The Morgan fingerprint density at radius 2 is 2.42 bits per heavy atom. The fourth-order valence-corrected chi connectivity index (χ4v) is 2.39. The van der Waals surface area contributed by atoms with Gasteiger partial charge in [-0.05, 0) is 23.8 Å². The number of carbonyl (C=O) groups is 1. The average molecular weight is 329 g/mol. The molecule has 0 saturated carbocycles. The normalized spacial score (nSPS) is 17.0. The first-order chi connectivity index (χ1) is 9.15. The number of nitrogens with two attached hydrogens (primary N) is 1. The second-order valence-corrected chi connectivity index (χ2v) is 5.33. The van der Waals surface area contributed by atoms with E-state index in [-0.39, 0.29) is 12.7 Å². The van der Waals surface area contributed by atoms with E-state index in [4.69, 9.17) is 15.2 Å². The van der Waals surface area contributed by atoms with Gasteiger partial charge in [-0.15, -0.1) is 0 Å². The summed E-state index contributed by atoms with van der Waals surface area (Å²) in [7, 11) is 0. The minimum absolute atomic E-state index is 0.0267. The van der Waals surface area contributed by atoms with Gasteiger partial charge in [0.05, 0.1) is 6.61 Å². The summed E-state index contributed by atoms with van der Waals surface area (Å²) < 4.78 is 11.9. The SMILES string of the molecule is NC(=O)COCCNCC1Cc2cc(Br)ccc2O1. The molecule has 1 atom stereocenters. The van der Waals surface area contributed by atoms with Crippen molar-refractivity contribution in [3.8, 4) is 5.75 Å². The Morgan fingerprint density at radius 1 is 1.58 bits per heavy atom. The van der Waals surface area contributed by atoms with Gasteiger partial charge in [-0.2, -0.15) is 0 Å². The zero-order chi connectivity index (χ0) is 13.7. The monoisotopic (exact) mass is 328 g/mol. The van der Waals surface area contributed by atoms with Gasteiger partial charge in [0.1, 0.15) is 18.5 Å². The lowest BCUT2D eigenvalue weighted by atomic mass is 10.1. The molecule has 1 aromatic rings. The number of ether oxygens (including phenoxy) is 2. The Hall–Kier alpha value is -1.11. The van der Waals surface area contributed by atoms with Gasteiger partial charge in [0.15, 0.2) is 0 Å². The molecule has 19 heavy (non-hydrogen) atoms. The predicted octanol–water partition coefficient (Wildman–Crippen LogP) is 0.844. The molecule has 1 aromatic carbocycles. The minimum Gasteiger partial charge on any atom is -0.488 e. The third-order valence-electron chi connectivity index (χ3n) is 2.80. The van der Waals surface area contributed by atoms with E-state index in [1.807, 2.05) is 12.1 Å². The first kappa shape index (κ1) is 14.3. The van der Waals surface area contributed by atoms with E-state index in [9.17, 15) is 4.79 Å². The van der Waals surface area contributed by atoms with Crippen molar-refractivity contribution in [3.05, 3.63) is 28.2 Å². The Bertz CT molecular complexity index is 454. The van der Waals surface area contributed by atoms with Crippen LogP contribution in [-0.2, 0) is 16.0 Å². The molecule has 1 heterocycles. The number of fused-ring (bicyclic) bond motifs is 1.